The van der Waals surface area contributed by atoms with E-state index in [4.69, 9.17) is 4.74 Å². The second-order valence-electron chi connectivity index (χ2n) is 6.76. The molecule has 1 aromatic carbocycles. The largest absolute Gasteiger partial charge is 0.491 e. The number of hydrogen-bond donors (Lipinski definition) is 1. The molecule has 1 saturated heterocycles. The van der Waals surface area contributed by atoms with Crippen LogP contribution in [0.2, 0.25) is 0 Å². The predicted octanol–water partition coefficient (Wildman–Crippen LogP) is 2.65. The zero-order chi connectivity index (χ0) is 14.7. The molecule has 1 aliphatic heterocycles. The van der Waals surface area contributed by atoms with E-state index in [0.29, 0.717) is 6.61 Å². The van der Waals surface area contributed by atoms with Crippen molar-refractivity contribution in [3.63, 3.8) is 0 Å². The minimum Gasteiger partial charge on any atom is -0.491 e. The normalized spacial score (nSPS) is 23.8. The molecule has 0 saturated carbocycles. The monoisotopic (exact) mass is 289 g/mol. The van der Waals surface area contributed by atoms with Crippen molar-refractivity contribution in [2.75, 3.05) is 26.2 Å². The highest BCUT2D eigenvalue weighted by Crippen LogP contribution is 2.26. The Morgan fingerprint density at radius 2 is 2.14 bits per heavy atom. The minimum absolute atomic E-state index is 0.393. The number of nitrogens with zero attached hydrogens (tertiary/aromatic N) is 1. The van der Waals surface area contributed by atoms with Crippen LogP contribution < -0.4 is 4.74 Å². The average Bonchev–Trinajstić information content (AvgIpc) is 2.92. The van der Waals surface area contributed by atoms with Gasteiger partial charge in [-0.1, -0.05) is 13.0 Å². The fourth-order valence-corrected chi connectivity index (χ4v) is 3.63. The lowest BCUT2D eigenvalue weighted by Crippen LogP contribution is -2.41. The molecule has 1 heterocycles. The fraction of sp³-hybridized carbons (Fsp3) is 0.667. The number of likely N-dealkylation sites (tertiary alicyclic amines) is 1. The molecule has 0 bridgehead atoms. The van der Waals surface area contributed by atoms with Crippen molar-refractivity contribution < 1.29 is 9.84 Å². The molecule has 1 aliphatic carbocycles. The molecule has 21 heavy (non-hydrogen) atoms. The van der Waals surface area contributed by atoms with Gasteiger partial charge in [0.15, 0.2) is 0 Å². The Hall–Kier alpha value is -1.06. The number of aryl methyl sites for hydroxylation is 2. The van der Waals surface area contributed by atoms with Crippen molar-refractivity contribution in [3.8, 4) is 5.75 Å². The van der Waals surface area contributed by atoms with E-state index >= 15 is 0 Å². The van der Waals surface area contributed by atoms with Crippen molar-refractivity contribution in [1.82, 2.24) is 4.90 Å². The fourth-order valence-electron chi connectivity index (χ4n) is 3.63. The van der Waals surface area contributed by atoms with Gasteiger partial charge in [0.1, 0.15) is 18.5 Å². The van der Waals surface area contributed by atoms with E-state index in [2.05, 4.69) is 24.0 Å². The SMILES string of the molecule is C[C@H]1CCCN(C[C@@H](O)COc2ccc3c(c2)CCC3)C1. The van der Waals surface area contributed by atoms with Crippen LogP contribution in [0.3, 0.4) is 0 Å². The second-order valence-corrected chi connectivity index (χ2v) is 6.76. The van der Waals surface area contributed by atoms with Crippen LogP contribution in [0.1, 0.15) is 37.3 Å². The van der Waals surface area contributed by atoms with Gasteiger partial charge in [0.2, 0.25) is 0 Å². The lowest BCUT2D eigenvalue weighted by molar-refractivity contribution is 0.0537. The summed E-state index contributed by atoms with van der Waals surface area (Å²) in [5.41, 5.74) is 2.89. The standard InChI is InChI=1S/C18H27NO2/c1-14-4-3-9-19(11-14)12-17(20)13-21-18-8-7-15-5-2-6-16(15)10-18/h7-8,10,14,17,20H,2-6,9,11-13H2,1H3/t14-,17+/m0/s1. The van der Waals surface area contributed by atoms with Crippen molar-refractivity contribution in [2.24, 2.45) is 5.92 Å². The van der Waals surface area contributed by atoms with Crippen molar-refractivity contribution in [2.45, 2.75) is 45.1 Å². The second kappa shape index (κ2) is 6.80. The van der Waals surface area contributed by atoms with Gasteiger partial charge >= 0.3 is 0 Å². The minimum atomic E-state index is -0.399. The van der Waals surface area contributed by atoms with Crippen LogP contribution in [0.4, 0.5) is 0 Å². The van der Waals surface area contributed by atoms with Gasteiger partial charge in [-0.15, -0.1) is 0 Å². The van der Waals surface area contributed by atoms with E-state index in [1.807, 2.05) is 6.07 Å². The molecular weight excluding hydrogens is 262 g/mol. The first kappa shape index (κ1) is 14.9. The van der Waals surface area contributed by atoms with Crippen LogP contribution in [0.15, 0.2) is 18.2 Å². The molecule has 3 rings (SSSR count). The summed E-state index contributed by atoms with van der Waals surface area (Å²) in [4.78, 5) is 2.37. The molecule has 0 amide bonds. The summed E-state index contributed by atoms with van der Waals surface area (Å²) in [7, 11) is 0. The molecule has 2 atom stereocenters. The predicted molar refractivity (Wildman–Crippen MR) is 84.8 cm³/mol. The van der Waals surface area contributed by atoms with Gasteiger partial charge in [-0.25, -0.2) is 0 Å². The molecule has 116 valence electrons. The van der Waals surface area contributed by atoms with E-state index < -0.39 is 6.10 Å². The number of aliphatic hydroxyl groups excluding tert-OH is 1. The van der Waals surface area contributed by atoms with Gasteiger partial charge in [0, 0.05) is 13.1 Å². The summed E-state index contributed by atoms with van der Waals surface area (Å²) in [5, 5.41) is 10.2. The third kappa shape index (κ3) is 3.98. The van der Waals surface area contributed by atoms with Gasteiger partial charge in [-0.2, -0.15) is 0 Å². The average molecular weight is 289 g/mol. The molecule has 1 aromatic rings. The summed E-state index contributed by atoms with van der Waals surface area (Å²) < 4.78 is 5.78. The molecule has 2 aliphatic rings. The van der Waals surface area contributed by atoms with Crippen LogP contribution in [0.25, 0.3) is 0 Å². The van der Waals surface area contributed by atoms with Gasteiger partial charge in [0.25, 0.3) is 0 Å². The quantitative estimate of drug-likeness (QED) is 0.904. The van der Waals surface area contributed by atoms with E-state index in [1.54, 1.807) is 0 Å². The first-order valence-corrected chi connectivity index (χ1v) is 8.36. The highest BCUT2D eigenvalue weighted by Gasteiger charge is 2.19. The third-order valence-corrected chi connectivity index (χ3v) is 4.72. The zero-order valence-electron chi connectivity index (χ0n) is 13.1. The summed E-state index contributed by atoms with van der Waals surface area (Å²) in [5.74, 6) is 1.66. The molecule has 0 aromatic heterocycles. The van der Waals surface area contributed by atoms with Crippen LogP contribution in [0, 0.1) is 5.92 Å². The van der Waals surface area contributed by atoms with Gasteiger partial charge < -0.3 is 14.7 Å². The van der Waals surface area contributed by atoms with Crippen LogP contribution in [0.5, 0.6) is 5.75 Å². The molecule has 3 heteroatoms. The van der Waals surface area contributed by atoms with E-state index in [0.717, 1.165) is 31.3 Å². The number of ether oxygens (including phenoxy) is 1. The number of piperidine rings is 1. The Morgan fingerprint density at radius 3 is 3.00 bits per heavy atom. The van der Waals surface area contributed by atoms with E-state index in [-0.39, 0.29) is 0 Å². The number of aliphatic hydroxyl groups is 1. The highest BCUT2D eigenvalue weighted by molar-refractivity contribution is 5.38. The number of benzene rings is 1. The Morgan fingerprint density at radius 1 is 1.29 bits per heavy atom. The van der Waals surface area contributed by atoms with Gasteiger partial charge in [0.05, 0.1) is 0 Å². The smallest absolute Gasteiger partial charge is 0.119 e. The molecule has 0 unspecified atom stereocenters. The zero-order valence-corrected chi connectivity index (χ0v) is 13.1. The molecule has 1 fully saturated rings. The third-order valence-electron chi connectivity index (χ3n) is 4.72. The molecular formula is C18H27NO2. The number of fused-ring (bicyclic) bond motifs is 1. The van der Waals surface area contributed by atoms with Crippen LogP contribution >= 0.6 is 0 Å². The lowest BCUT2D eigenvalue weighted by atomic mass is 10.0. The maximum atomic E-state index is 10.2. The van der Waals surface area contributed by atoms with Crippen LogP contribution in [-0.2, 0) is 12.8 Å². The topological polar surface area (TPSA) is 32.7 Å². The van der Waals surface area contributed by atoms with E-state index in [9.17, 15) is 5.11 Å². The van der Waals surface area contributed by atoms with Crippen molar-refractivity contribution in [1.29, 1.82) is 0 Å². The summed E-state index contributed by atoms with van der Waals surface area (Å²) in [6.07, 6.45) is 5.79. The summed E-state index contributed by atoms with van der Waals surface area (Å²) in [6.45, 7) is 5.63. The maximum Gasteiger partial charge on any atom is 0.119 e. The Kier molecular flexibility index (Phi) is 4.81. The number of hydrogen-bond acceptors (Lipinski definition) is 3. The Bertz CT molecular complexity index is 474. The molecule has 0 radical (unpaired) electrons. The number of rotatable bonds is 5. The maximum absolute atomic E-state index is 10.2. The first-order valence-electron chi connectivity index (χ1n) is 8.36. The first-order chi connectivity index (χ1) is 10.2. The Labute approximate surface area is 127 Å². The summed E-state index contributed by atoms with van der Waals surface area (Å²) >= 11 is 0. The molecule has 0 spiro atoms. The van der Waals surface area contributed by atoms with Crippen molar-refractivity contribution in [3.05, 3.63) is 29.3 Å². The summed E-state index contributed by atoms with van der Waals surface area (Å²) in [6, 6.07) is 6.37. The highest BCUT2D eigenvalue weighted by atomic mass is 16.5. The molecule has 1 N–H and O–H groups in total. The number of β-amino-alcohol motifs (C(OH)–C–C–N with tert-alkyl or cyclic N) is 1. The van der Waals surface area contributed by atoms with E-state index in [1.165, 1.54) is 43.2 Å². The molecule has 3 nitrogen and oxygen atoms in total. The lowest BCUT2D eigenvalue weighted by Gasteiger charge is -2.32. The van der Waals surface area contributed by atoms with Gasteiger partial charge in [-0.05, 0) is 67.8 Å². The van der Waals surface area contributed by atoms with Gasteiger partial charge in [-0.3, -0.25) is 0 Å². The van der Waals surface area contributed by atoms with Crippen molar-refractivity contribution >= 4 is 0 Å². The van der Waals surface area contributed by atoms with Crippen LogP contribution in [-0.4, -0.2) is 42.4 Å². The Balaban J connectivity index is 1.46.